The molecule has 33 heavy (non-hydrogen) atoms. The van der Waals surface area contributed by atoms with Gasteiger partial charge in [-0.05, 0) is 55.1 Å². The van der Waals surface area contributed by atoms with Gasteiger partial charge in [-0.15, -0.1) is 11.3 Å². The number of rotatable bonds is 7. The standard InChI is InChI=1S/C26H30F3N3S/c1-6-22(9-7-19(3)26(27,28)29)32-13-11-31(12-14-32)20(4)24-16-21(30-5)8-10-23(24)25-15-18(2)17-33-25/h6-10,15-17,30H,1,4,11-14H2,2-3,5H3/b19-7+,22-9+. The van der Waals surface area contributed by atoms with Crippen molar-refractivity contribution in [1.82, 2.24) is 9.80 Å². The summed E-state index contributed by atoms with van der Waals surface area (Å²) < 4.78 is 38.4. The van der Waals surface area contributed by atoms with Crippen LogP contribution in [0.4, 0.5) is 18.9 Å². The van der Waals surface area contributed by atoms with Gasteiger partial charge >= 0.3 is 6.18 Å². The van der Waals surface area contributed by atoms with E-state index in [1.165, 1.54) is 16.5 Å². The van der Waals surface area contributed by atoms with Crippen molar-refractivity contribution < 1.29 is 13.2 Å². The third-order valence-corrected chi connectivity index (χ3v) is 6.88. The molecule has 1 aliphatic rings. The summed E-state index contributed by atoms with van der Waals surface area (Å²) in [7, 11) is 1.90. The molecule has 1 aromatic carbocycles. The summed E-state index contributed by atoms with van der Waals surface area (Å²) in [5.74, 6) is 0. The van der Waals surface area contributed by atoms with Gasteiger partial charge in [0, 0.05) is 71.9 Å². The Labute approximate surface area is 198 Å². The number of piperazine rings is 1. The highest BCUT2D eigenvalue weighted by Crippen LogP contribution is 2.36. The maximum Gasteiger partial charge on any atom is 0.412 e. The van der Waals surface area contributed by atoms with E-state index >= 15 is 0 Å². The monoisotopic (exact) mass is 473 g/mol. The van der Waals surface area contributed by atoms with E-state index in [1.807, 2.05) is 7.05 Å². The van der Waals surface area contributed by atoms with Crippen molar-refractivity contribution in [3.05, 3.63) is 83.4 Å². The maximum atomic E-state index is 12.8. The van der Waals surface area contributed by atoms with Crippen LogP contribution in [0.3, 0.4) is 0 Å². The Bertz CT molecular complexity index is 1070. The second kappa shape index (κ2) is 10.3. The number of hydrogen-bond acceptors (Lipinski definition) is 4. The molecular weight excluding hydrogens is 443 g/mol. The van der Waals surface area contributed by atoms with E-state index in [0.29, 0.717) is 18.8 Å². The number of aryl methyl sites for hydroxylation is 1. The van der Waals surface area contributed by atoms with Crippen molar-refractivity contribution in [2.24, 2.45) is 0 Å². The summed E-state index contributed by atoms with van der Waals surface area (Å²) in [6.07, 6.45) is -0.104. The molecule has 0 atom stereocenters. The Balaban J connectivity index is 1.77. The molecule has 3 rings (SSSR count). The number of alkyl halides is 3. The minimum Gasteiger partial charge on any atom is -0.388 e. The average Bonchev–Trinajstić information content (AvgIpc) is 3.24. The molecular formula is C26H30F3N3S. The largest absolute Gasteiger partial charge is 0.412 e. The predicted molar refractivity (Wildman–Crippen MR) is 134 cm³/mol. The zero-order chi connectivity index (χ0) is 24.2. The van der Waals surface area contributed by atoms with Crippen molar-refractivity contribution in [3.8, 4) is 10.4 Å². The van der Waals surface area contributed by atoms with Crippen molar-refractivity contribution in [2.45, 2.75) is 20.0 Å². The molecule has 1 N–H and O–H groups in total. The van der Waals surface area contributed by atoms with Gasteiger partial charge in [0.2, 0.25) is 0 Å². The lowest BCUT2D eigenvalue weighted by molar-refractivity contribution is -0.0913. The van der Waals surface area contributed by atoms with Crippen LogP contribution >= 0.6 is 11.3 Å². The number of nitrogens with one attached hydrogen (secondary N) is 1. The number of thiophene rings is 1. The van der Waals surface area contributed by atoms with Crippen LogP contribution < -0.4 is 5.32 Å². The summed E-state index contributed by atoms with van der Waals surface area (Å²) in [4.78, 5) is 5.51. The Kier molecular flexibility index (Phi) is 7.74. The lowest BCUT2D eigenvalue weighted by atomic mass is 10.0. The molecule has 176 valence electrons. The first-order valence-corrected chi connectivity index (χ1v) is 11.7. The summed E-state index contributed by atoms with van der Waals surface area (Å²) in [6.45, 7) is 14.2. The molecule has 7 heteroatoms. The van der Waals surface area contributed by atoms with Crippen LogP contribution in [0.25, 0.3) is 16.1 Å². The van der Waals surface area contributed by atoms with E-state index in [2.05, 4.69) is 64.8 Å². The van der Waals surface area contributed by atoms with Crippen molar-refractivity contribution in [3.63, 3.8) is 0 Å². The number of halogens is 3. The van der Waals surface area contributed by atoms with Gasteiger partial charge in [0.05, 0.1) is 0 Å². The molecule has 0 aliphatic carbocycles. The van der Waals surface area contributed by atoms with Crippen LogP contribution in [0, 0.1) is 6.92 Å². The number of benzene rings is 1. The number of allylic oxidation sites excluding steroid dienone is 4. The highest BCUT2D eigenvalue weighted by molar-refractivity contribution is 7.13. The minimum atomic E-state index is -4.32. The van der Waals surface area contributed by atoms with E-state index in [0.717, 1.165) is 48.6 Å². The molecule has 3 nitrogen and oxygen atoms in total. The predicted octanol–water partition coefficient (Wildman–Crippen LogP) is 6.93. The smallest absolute Gasteiger partial charge is 0.388 e. The average molecular weight is 474 g/mol. The fraction of sp³-hybridized carbons (Fsp3) is 0.308. The van der Waals surface area contributed by atoms with Gasteiger partial charge < -0.3 is 15.1 Å². The van der Waals surface area contributed by atoms with Gasteiger partial charge in [-0.1, -0.05) is 25.3 Å². The molecule has 2 heterocycles. The summed E-state index contributed by atoms with van der Waals surface area (Å²) in [5.41, 5.74) is 5.50. The normalized spacial score (nSPS) is 15.6. The number of anilines is 1. The lowest BCUT2D eigenvalue weighted by Crippen LogP contribution is -2.44. The van der Waals surface area contributed by atoms with Crippen LogP contribution in [0.1, 0.15) is 18.1 Å². The lowest BCUT2D eigenvalue weighted by Gasteiger charge is -2.39. The highest BCUT2D eigenvalue weighted by Gasteiger charge is 2.29. The first-order chi connectivity index (χ1) is 15.6. The Morgan fingerprint density at radius 3 is 2.30 bits per heavy atom. The second-order valence-corrected chi connectivity index (χ2v) is 8.97. The van der Waals surface area contributed by atoms with Crippen LogP contribution in [0.15, 0.2) is 72.3 Å². The van der Waals surface area contributed by atoms with Gasteiger partial charge in [-0.2, -0.15) is 13.2 Å². The summed E-state index contributed by atoms with van der Waals surface area (Å²) in [6, 6.07) is 8.50. The molecule has 0 amide bonds. The van der Waals surface area contributed by atoms with Crippen molar-refractivity contribution >= 4 is 22.7 Å². The van der Waals surface area contributed by atoms with Gasteiger partial charge in [0.1, 0.15) is 0 Å². The SMILES string of the molecule is C=C/C(=C\C=C(/C)C(F)(F)F)N1CCN(C(=C)c2cc(NC)ccc2-c2cc(C)cs2)CC1. The van der Waals surface area contributed by atoms with Gasteiger partial charge in [0.25, 0.3) is 0 Å². The zero-order valence-electron chi connectivity index (χ0n) is 19.3. The second-order valence-electron chi connectivity index (χ2n) is 8.06. The third kappa shape index (κ3) is 5.90. The maximum absolute atomic E-state index is 12.8. The van der Waals surface area contributed by atoms with E-state index in [9.17, 15) is 13.2 Å². The van der Waals surface area contributed by atoms with Gasteiger partial charge in [-0.3, -0.25) is 0 Å². The first-order valence-electron chi connectivity index (χ1n) is 10.8. The minimum absolute atomic E-state index is 0.630. The summed E-state index contributed by atoms with van der Waals surface area (Å²) in [5, 5.41) is 5.35. The van der Waals surface area contributed by atoms with Gasteiger partial charge in [0.15, 0.2) is 0 Å². The number of nitrogens with zero attached hydrogens (tertiary/aromatic N) is 2. The number of hydrogen-bond donors (Lipinski definition) is 1. The molecule has 1 fully saturated rings. The third-order valence-electron chi connectivity index (χ3n) is 5.80. The van der Waals surface area contributed by atoms with E-state index in [-0.39, 0.29) is 0 Å². The Morgan fingerprint density at radius 1 is 1.09 bits per heavy atom. The zero-order valence-corrected chi connectivity index (χ0v) is 20.1. The molecule has 1 aliphatic heterocycles. The quantitative estimate of drug-likeness (QED) is 0.440. The highest BCUT2D eigenvalue weighted by atomic mass is 32.1. The van der Waals surface area contributed by atoms with E-state index < -0.39 is 11.7 Å². The molecule has 1 aromatic heterocycles. The van der Waals surface area contributed by atoms with Crippen LogP contribution in [-0.2, 0) is 0 Å². The fourth-order valence-corrected chi connectivity index (χ4v) is 4.68. The Morgan fingerprint density at radius 2 is 1.76 bits per heavy atom. The van der Waals surface area contributed by atoms with Crippen molar-refractivity contribution in [1.29, 1.82) is 0 Å². The molecule has 0 saturated carbocycles. The fourth-order valence-electron chi connectivity index (χ4n) is 3.74. The topological polar surface area (TPSA) is 18.5 Å². The van der Waals surface area contributed by atoms with Crippen LogP contribution in [-0.4, -0.2) is 49.2 Å². The van der Waals surface area contributed by atoms with Crippen molar-refractivity contribution in [2.75, 3.05) is 38.5 Å². The summed E-state index contributed by atoms with van der Waals surface area (Å²) >= 11 is 1.72. The molecule has 1 saturated heterocycles. The molecule has 2 aromatic rings. The molecule has 0 spiro atoms. The molecule has 0 bridgehead atoms. The van der Waals surface area contributed by atoms with Crippen LogP contribution in [0.5, 0.6) is 0 Å². The molecule has 0 unspecified atom stereocenters. The molecule has 0 radical (unpaired) electrons. The van der Waals surface area contributed by atoms with E-state index in [1.54, 1.807) is 17.4 Å². The Hall–Kier alpha value is -2.93. The van der Waals surface area contributed by atoms with E-state index in [4.69, 9.17) is 0 Å². The first kappa shape index (κ1) is 24.7. The van der Waals surface area contributed by atoms with Crippen LogP contribution in [0.2, 0.25) is 0 Å². The van der Waals surface area contributed by atoms with Gasteiger partial charge in [-0.25, -0.2) is 0 Å².